The van der Waals surface area contributed by atoms with E-state index in [2.05, 4.69) is 12.1 Å². The molecule has 0 amide bonds. The molecule has 2 aromatic carbocycles. The zero-order chi connectivity index (χ0) is 17.5. The lowest BCUT2D eigenvalue weighted by atomic mass is 9.92. The number of benzene rings is 2. The fraction of sp³-hybridized carbons (Fsp3) is 0.400. The summed E-state index contributed by atoms with van der Waals surface area (Å²) < 4.78 is 11.3. The van der Waals surface area contributed by atoms with Crippen LogP contribution in [0.2, 0.25) is 5.02 Å². The Hall–Kier alpha value is -1.71. The number of ether oxygens (including phenoxy) is 2. The van der Waals surface area contributed by atoms with Gasteiger partial charge in [-0.25, -0.2) is 0 Å². The third kappa shape index (κ3) is 5.15. The predicted octanol–water partition coefficient (Wildman–Crippen LogP) is 4.81. The Morgan fingerprint density at radius 1 is 1.12 bits per heavy atom. The van der Waals surface area contributed by atoms with E-state index in [1.165, 1.54) is 5.56 Å². The van der Waals surface area contributed by atoms with Crippen molar-refractivity contribution in [2.75, 3.05) is 13.2 Å². The molecule has 1 unspecified atom stereocenters. The van der Waals surface area contributed by atoms with Crippen LogP contribution in [0.3, 0.4) is 0 Å². The molecule has 1 atom stereocenters. The number of hydrogen-bond acceptors (Lipinski definition) is 3. The van der Waals surface area contributed by atoms with E-state index in [1.54, 1.807) is 0 Å². The van der Waals surface area contributed by atoms with Gasteiger partial charge in [-0.2, -0.15) is 0 Å². The maximum Gasteiger partial charge on any atom is 0.137 e. The number of hydrogen-bond donors (Lipinski definition) is 1. The molecule has 2 N–H and O–H groups in total. The first-order valence-electron chi connectivity index (χ1n) is 8.41. The Balaban J connectivity index is 2.16. The Morgan fingerprint density at radius 2 is 1.92 bits per heavy atom. The van der Waals surface area contributed by atoms with Crippen LogP contribution < -0.4 is 15.2 Å². The Bertz CT molecular complexity index is 658. The van der Waals surface area contributed by atoms with Gasteiger partial charge in [-0.3, -0.25) is 0 Å². The SMILES string of the molecule is CCOc1ccc(C(CN)Cc2cccc(OC(C)C)c2)cc1Cl. The molecule has 24 heavy (non-hydrogen) atoms. The van der Waals surface area contributed by atoms with Gasteiger partial charge in [0.15, 0.2) is 0 Å². The molecule has 0 fully saturated rings. The van der Waals surface area contributed by atoms with Gasteiger partial charge in [-0.15, -0.1) is 0 Å². The summed E-state index contributed by atoms with van der Waals surface area (Å²) >= 11 is 6.31. The van der Waals surface area contributed by atoms with Crippen molar-refractivity contribution < 1.29 is 9.47 Å². The van der Waals surface area contributed by atoms with Crippen molar-refractivity contribution in [2.24, 2.45) is 5.73 Å². The van der Waals surface area contributed by atoms with Gasteiger partial charge in [-0.1, -0.05) is 29.8 Å². The van der Waals surface area contributed by atoms with Crippen molar-refractivity contribution in [1.29, 1.82) is 0 Å². The number of halogens is 1. The van der Waals surface area contributed by atoms with Crippen molar-refractivity contribution in [1.82, 2.24) is 0 Å². The van der Waals surface area contributed by atoms with Gasteiger partial charge in [0.2, 0.25) is 0 Å². The second kappa shape index (κ2) is 8.95. The van der Waals surface area contributed by atoms with E-state index in [4.69, 9.17) is 26.8 Å². The summed E-state index contributed by atoms with van der Waals surface area (Å²) in [6.07, 6.45) is 1.01. The molecule has 0 aromatic heterocycles. The lowest BCUT2D eigenvalue weighted by molar-refractivity contribution is 0.242. The van der Waals surface area contributed by atoms with Crippen LogP contribution in [0.4, 0.5) is 0 Å². The van der Waals surface area contributed by atoms with Gasteiger partial charge in [0.05, 0.1) is 17.7 Å². The van der Waals surface area contributed by atoms with Gasteiger partial charge >= 0.3 is 0 Å². The molecule has 0 heterocycles. The summed E-state index contributed by atoms with van der Waals surface area (Å²) in [5, 5.41) is 0.629. The van der Waals surface area contributed by atoms with E-state index < -0.39 is 0 Å². The minimum Gasteiger partial charge on any atom is -0.492 e. The molecule has 0 aliphatic carbocycles. The fourth-order valence-electron chi connectivity index (χ4n) is 2.68. The van der Waals surface area contributed by atoms with Crippen LogP contribution in [0.1, 0.15) is 37.8 Å². The molecule has 0 radical (unpaired) electrons. The van der Waals surface area contributed by atoms with Crippen molar-refractivity contribution >= 4 is 11.6 Å². The third-order valence-electron chi connectivity index (χ3n) is 3.76. The minimum absolute atomic E-state index is 0.162. The molecule has 0 saturated heterocycles. The Labute approximate surface area is 149 Å². The third-order valence-corrected chi connectivity index (χ3v) is 4.06. The van der Waals surface area contributed by atoms with Crippen molar-refractivity contribution in [3.05, 3.63) is 58.6 Å². The first-order chi connectivity index (χ1) is 11.5. The molecule has 0 saturated carbocycles. The van der Waals surface area contributed by atoms with Crippen molar-refractivity contribution in [3.8, 4) is 11.5 Å². The second-order valence-corrected chi connectivity index (χ2v) is 6.48. The molecular weight excluding hydrogens is 322 g/mol. The predicted molar refractivity (Wildman–Crippen MR) is 100 cm³/mol. The summed E-state index contributed by atoms with van der Waals surface area (Å²) in [5.74, 6) is 1.81. The standard InChI is InChI=1S/C20H26ClNO2/c1-4-23-20-9-8-16(12-19(20)21)17(13-22)10-15-6-5-7-18(11-15)24-14(2)3/h5-9,11-12,14,17H,4,10,13,22H2,1-3H3. The molecular formula is C20H26ClNO2. The van der Waals surface area contributed by atoms with E-state index >= 15 is 0 Å². The molecule has 2 rings (SSSR count). The summed E-state index contributed by atoms with van der Waals surface area (Å²) in [4.78, 5) is 0. The highest BCUT2D eigenvalue weighted by Gasteiger charge is 2.14. The highest BCUT2D eigenvalue weighted by Crippen LogP contribution is 2.30. The van der Waals surface area contributed by atoms with E-state index in [1.807, 2.05) is 51.1 Å². The minimum atomic E-state index is 0.162. The average Bonchev–Trinajstić information content (AvgIpc) is 2.54. The zero-order valence-corrected chi connectivity index (χ0v) is 15.3. The normalized spacial score (nSPS) is 12.2. The molecule has 130 valence electrons. The van der Waals surface area contributed by atoms with E-state index in [-0.39, 0.29) is 12.0 Å². The van der Waals surface area contributed by atoms with Crippen LogP contribution in [-0.2, 0) is 6.42 Å². The smallest absolute Gasteiger partial charge is 0.137 e. The summed E-state index contributed by atoms with van der Waals surface area (Å²) in [6, 6.07) is 14.1. The quantitative estimate of drug-likeness (QED) is 0.745. The maximum absolute atomic E-state index is 6.31. The van der Waals surface area contributed by atoms with E-state index in [9.17, 15) is 0 Å². The van der Waals surface area contributed by atoms with Crippen molar-refractivity contribution in [3.63, 3.8) is 0 Å². The van der Waals surface area contributed by atoms with E-state index in [0.717, 1.165) is 17.7 Å². The van der Waals surface area contributed by atoms with Crippen LogP contribution in [0.25, 0.3) is 0 Å². The van der Waals surface area contributed by atoms with Crippen LogP contribution in [0.5, 0.6) is 11.5 Å². The lowest BCUT2D eigenvalue weighted by Gasteiger charge is -2.18. The van der Waals surface area contributed by atoms with Gasteiger partial charge in [0.1, 0.15) is 11.5 Å². The molecule has 0 aliphatic rings. The van der Waals surface area contributed by atoms with Gasteiger partial charge < -0.3 is 15.2 Å². The first kappa shape index (κ1) is 18.6. The van der Waals surface area contributed by atoms with Crippen LogP contribution in [0, 0.1) is 0 Å². The monoisotopic (exact) mass is 347 g/mol. The molecule has 3 nitrogen and oxygen atoms in total. The van der Waals surface area contributed by atoms with E-state index in [0.29, 0.717) is 23.9 Å². The van der Waals surface area contributed by atoms with Gasteiger partial charge in [0, 0.05) is 5.92 Å². The topological polar surface area (TPSA) is 44.5 Å². The highest BCUT2D eigenvalue weighted by molar-refractivity contribution is 6.32. The molecule has 0 aliphatic heterocycles. The van der Waals surface area contributed by atoms with Crippen molar-refractivity contribution in [2.45, 2.75) is 39.2 Å². The summed E-state index contributed by atoms with van der Waals surface area (Å²) in [6.45, 7) is 7.15. The number of rotatable bonds is 8. The molecule has 0 spiro atoms. The van der Waals surface area contributed by atoms with Gasteiger partial charge in [-0.05, 0) is 69.1 Å². The summed E-state index contributed by atoms with van der Waals surface area (Å²) in [5.41, 5.74) is 8.34. The maximum atomic E-state index is 6.31. The zero-order valence-electron chi connectivity index (χ0n) is 14.6. The molecule has 0 bridgehead atoms. The van der Waals surface area contributed by atoms with Crippen LogP contribution >= 0.6 is 11.6 Å². The molecule has 2 aromatic rings. The lowest BCUT2D eigenvalue weighted by Crippen LogP contribution is -2.15. The van der Waals surface area contributed by atoms with Crippen LogP contribution in [0.15, 0.2) is 42.5 Å². The highest BCUT2D eigenvalue weighted by atomic mass is 35.5. The largest absolute Gasteiger partial charge is 0.492 e. The fourth-order valence-corrected chi connectivity index (χ4v) is 2.93. The Kier molecular flexibility index (Phi) is 6.95. The summed E-state index contributed by atoms with van der Waals surface area (Å²) in [7, 11) is 0. The van der Waals surface area contributed by atoms with Gasteiger partial charge in [0.25, 0.3) is 0 Å². The second-order valence-electron chi connectivity index (χ2n) is 6.07. The Morgan fingerprint density at radius 3 is 2.54 bits per heavy atom. The van der Waals surface area contributed by atoms with Crippen LogP contribution in [-0.4, -0.2) is 19.3 Å². The number of nitrogens with two attached hydrogens (primary N) is 1. The first-order valence-corrected chi connectivity index (χ1v) is 8.79. The average molecular weight is 348 g/mol. The molecule has 4 heteroatoms.